The van der Waals surface area contributed by atoms with E-state index in [0.717, 1.165) is 69.1 Å². The summed E-state index contributed by atoms with van der Waals surface area (Å²) in [6.45, 7) is 2.55. The Morgan fingerprint density at radius 3 is 2.33 bits per heavy atom. The van der Waals surface area contributed by atoms with Gasteiger partial charge in [-0.2, -0.15) is 0 Å². The van der Waals surface area contributed by atoms with Crippen molar-refractivity contribution in [2.45, 2.75) is 115 Å². The van der Waals surface area contributed by atoms with Gasteiger partial charge < -0.3 is 35.0 Å². The number of nitrogens with zero attached hydrogens (tertiary/aromatic N) is 1. The van der Waals surface area contributed by atoms with Crippen molar-refractivity contribution in [3.8, 4) is 11.5 Å². The fourth-order valence-corrected chi connectivity index (χ4v) is 9.95. The van der Waals surface area contributed by atoms with Crippen molar-refractivity contribution in [3.63, 3.8) is 0 Å². The van der Waals surface area contributed by atoms with Crippen LogP contribution in [-0.4, -0.2) is 77.1 Å². The van der Waals surface area contributed by atoms with E-state index in [0.29, 0.717) is 39.2 Å². The number of carbonyl (C=O) groups excluding carboxylic acids is 2. The molecule has 0 aromatic heterocycles. The molecule has 4 fully saturated rings. The molecule has 46 heavy (non-hydrogen) atoms. The molecule has 0 spiro atoms. The van der Waals surface area contributed by atoms with Crippen molar-refractivity contribution in [1.29, 1.82) is 0 Å². The largest absolute Gasteiger partial charge is 0.493 e. The highest BCUT2D eigenvalue weighted by Gasteiger charge is 2.53. The molecule has 3 atom stereocenters. The van der Waals surface area contributed by atoms with Gasteiger partial charge in [-0.05, 0) is 114 Å². The third-order valence-corrected chi connectivity index (χ3v) is 11.6. The van der Waals surface area contributed by atoms with Crippen LogP contribution < -0.4 is 14.8 Å². The van der Waals surface area contributed by atoms with Gasteiger partial charge in [0, 0.05) is 31.5 Å². The van der Waals surface area contributed by atoms with Gasteiger partial charge in [0.15, 0.2) is 11.5 Å². The van der Waals surface area contributed by atoms with Crippen LogP contribution in [0.5, 0.6) is 11.5 Å². The molecule has 0 heterocycles. The minimum atomic E-state index is -1.08. The Hall–Kier alpha value is -1.89. The predicted molar refractivity (Wildman–Crippen MR) is 184 cm³/mol. The molecule has 4 bridgehead atoms. The molecule has 4 N–H and O–H groups in total. The number of nitrogens with one attached hydrogen (secondary N) is 1. The maximum absolute atomic E-state index is 14.3. The monoisotopic (exact) mass is 752 g/mol. The van der Waals surface area contributed by atoms with Gasteiger partial charge in [0.1, 0.15) is 12.2 Å². The zero-order valence-corrected chi connectivity index (χ0v) is 29.7. The van der Waals surface area contributed by atoms with E-state index in [2.05, 4.69) is 34.8 Å². The summed E-state index contributed by atoms with van der Waals surface area (Å²) in [6.07, 6.45) is 12.8. The molecule has 1 aromatic rings. The van der Waals surface area contributed by atoms with E-state index in [4.69, 9.17) is 9.47 Å². The Bertz CT molecular complexity index is 1220. The average molecular weight is 753 g/mol. The molecule has 0 radical (unpaired) electrons. The van der Waals surface area contributed by atoms with Crippen molar-refractivity contribution in [1.82, 2.24) is 10.2 Å². The summed E-state index contributed by atoms with van der Waals surface area (Å²) in [5, 5.41) is 34.0. The van der Waals surface area contributed by atoms with Crippen molar-refractivity contribution in [3.05, 3.63) is 32.9 Å². The first kappa shape index (κ1) is 35.4. The normalized spacial score (nSPS) is 29.7. The zero-order chi connectivity index (χ0) is 32.8. The lowest BCUT2D eigenvalue weighted by atomic mass is 9.49. The number of aliphatic hydroxyl groups excluding tert-OH is 3. The zero-order valence-electron chi connectivity index (χ0n) is 27.5. The lowest BCUT2D eigenvalue weighted by Crippen LogP contribution is -2.59. The molecule has 6 rings (SSSR count). The van der Waals surface area contributed by atoms with Gasteiger partial charge in [-0.15, -0.1) is 0 Å². The first-order valence-corrected chi connectivity index (χ1v) is 18.5. The molecular weight excluding hydrogens is 699 g/mol. The van der Waals surface area contributed by atoms with Crippen molar-refractivity contribution in [2.24, 2.45) is 23.2 Å². The summed E-state index contributed by atoms with van der Waals surface area (Å²) in [5.41, 5.74) is 1.16. The number of methoxy groups -OCH3 is 1. The van der Waals surface area contributed by atoms with E-state index in [-0.39, 0.29) is 43.4 Å². The van der Waals surface area contributed by atoms with Gasteiger partial charge in [0.2, 0.25) is 11.8 Å². The second kappa shape index (κ2) is 16.0. The predicted octanol–water partition coefficient (Wildman–Crippen LogP) is 5.11. The van der Waals surface area contributed by atoms with E-state index in [1.165, 1.54) is 26.4 Å². The van der Waals surface area contributed by atoms with E-state index >= 15 is 0 Å². The standard InChI is InChI=1S/C36H53IN2O7/c1-3-4-5-6-7-8-32(42)39(22-36-18-23-11-24(19-36)13-25(12-23)20-36)29-16-27(35(44)38-9-10-40)17-30(33(29)43)46-34-28(37)14-26(21-41)15-31(34)45-2/h14-15,17,23-25,29-30,33,40-41,43H,3-13,16,18-22H2,1-2H3,(H,38,44)/t23?,24?,25?,29-,30+,33+,36?/m1/s1. The number of hydrogen-bond donors (Lipinski definition) is 4. The van der Waals surface area contributed by atoms with Gasteiger partial charge in [-0.1, -0.05) is 32.6 Å². The van der Waals surface area contributed by atoms with E-state index in [1.807, 2.05) is 4.90 Å². The number of halogens is 1. The molecule has 1 aromatic carbocycles. The number of amides is 2. The van der Waals surface area contributed by atoms with Crippen LogP contribution in [0, 0.1) is 26.7 Å². The Morgan fingerprint density at radius 1 is 1.04 bits per heavy atom. The quantitative estimate of drug-likeness (QED) is 0.137. The van der Waals surface area contributed by atoms with E-state index in [1.54, 1.807) is 18.2 Å². The number of benzene rings is 1. The van der Waals surface area contributed by atoms with E-state index in [9.17, 15) is 24.9 Å². The van der Waals surface area contributed by atoms with Crippen LogP contribution in [0.25, 0.3) is 0 Å². The fraction of sp³-hybridized carbons (Fsp3) is 0.722. The maximum Gasteiger partial charge on any atom is 0.247 e. The Kier molecular flexibility index (Phi) is 12.3. The topological polar surface area (TPSA) is 129 Å². The second-order valence-corrected chi connectivity index (χ2v) is 15.5. The summed E-state index contributed by atoms with van der Waals surface area (Å²) in [5.74, 6) is 2.71. The molecule has 4 saturated carbocycles. The van der Waals surface area contributed by atoms with Gasteiger partial charge in [-0.25, -0.2) is 0 Å². The smallest absolute Gasteiger partial charge is 0.247 e. The lowest BCUT2D eigenvalue weighted by molar-refractivity contribution is -0.147. The molecule has 0 saturated heterocycles. The Labute approximate surface area is 287 Å². The number of rotatable bonds is 16. The molecule has 0 aliphatic heterocycles. The summed E-state index contributed by atoms with van der Waals surface area (Å²) < 4.78 is 12.8. The first-order valence-electron chi connectivity index (χ1n) is 17.4. The Morgan fingerprint density at radius 2 is 1.72 bits per heavy atom. The first-order chi connectivity index (χ1) is 22.2. The van der Waals surface area contributed by atoms with E-state index < -0.39 is 18.2 Å². The number of carbonyl (C=O) groups is 2. The van der Waals surface area contributed by atoms with Crippen LogP contribution in [0.1, 0.15) is 96.0 Å². The molecule has 0 unspecified atom stereocenters. The van der Waals surface area contributed by atoms with Gasteiger partial charge >= 0.3 is 0 Å². The van der Waals surface area contributed by atoms with Crippen LogP contribution in [0.4, 0.5) is 0 Å². The third-order valence-electron chi connectivity index (χ3n) is 10.8. The van der Waals surface area contributed by atoms with Crippen molar-refractivity contribution < 1.29 is 34.4 Å². The third kappa shape index (κ3) is 8.21. The highest BCUT2D eigenvalue weighted by atomic mass is 127. The number of aliphatic hydroxyl groups is 3. The highest BCUT2D eigenvalue weighted by molar-refractivity contribution is 14.1. The SMILES string of the molecule is CCCCCCCC(=O)N(CC12CC3CC(CC(C3)C1)C2)[C@@H]1CC(C(=O)NCCO)=C[C@H](Oc2c(I)cc(CO)cc2OC)[C@H]1O. The summed E-state index contributed by atoms with van der Waals surface area (Å²) in [7, 11) is 1.52. The highest BCUT2D eigenvalue weighted by Crippen LogP contribution is 2.60. The number of ether oxygens (including phenoxy) is 2. The minimum absolute atomic E-state index is 0.0477. The lowest BCUT2D eigenvalue weighted by Gasteiger charge is -2.58. The second-order valence-electron chi connectivity index (χ2n) is 14.4. The Balaban J connectivity index is 1.46. The van der Waals surface area contributed by atoms with Crippen LogP contribution in [0.15, 0.2) is 23.8 Å². The molecule has 10 heteroatoms. The van der Waals surface area contributed by atoms with Crippen molar-refractivity contribution in [2.75, 3.05) is 26.8 Å². The summed E-state index contributed by atoms with van der Waals surface area (Å²) >= 11 is 2.12. The van der Waals surface area contributed by atoms with Gasteiger partial charge in [0.05, 0.1) is 29.9 Å². The average Bonchev–Trinajstić information content (AvgIpc) is 3.03. The summed E-state index contributed by atoms with van der Waals surface area (Å²) in [4.78, 5) is 29.6. The van der Waals surface area contributed by atoms with Gasteiger partial charge in [-0.3, -0.25) is 9.59 Å². The van der Waals surface area contributed by atoms with Crippen LogP contribution in [-0.2, 0) is 16.2 Å². The maximum atomic E-state index is 14.3. The molecule has 256 valence electrons. The molecule has 5 aliphatic rings. The molecule has 5 aliphatic carbocycles. The molecule has 9 nitrogen and oxygen atoms in total. The number of unbranched alkanes of at least 4 members (excludes halogenated alkanes) is 4. The summed E-state index contributed by atoms with van der Waals surface area (Å²) in [6, 6.07) is 2.86. The van der Waals surface area contributed by atoms with Gasteiger partial charge in [0.25, 0.3) is 0 Å². The van der Waals surface area contributed by atoms with Crippen LogP contribution in [0.2, 0.25) is 0 Å². The van der Waals surface area contributed by atoms with Crippen LogP contribution >= 0.6 is 22.6 Å². The van der Waals surface area contributed by atoms with Crippen molar-refractivity contribution >= 4 is 34.4 Å². The van der Waals surface area contributed by atoms with Crippen LogP contribution in [0.3, 0.4) is 0 Å². The molecular formula is C36H53IN2O7. The fourth-order valence-electron chi connectivity index (χ4n) is 9.15. The molecule has 2 amide bonds. The minimum Gasteiger partial charge on any atom is -0.493 e. The number of hydrogen-bond acceptors (Lipinski definition) is 7.